The van der Waals surface area contributed by atoms with Gasteiger partial charge < -0.3 is 39.6 Å². The van der Waals surface area contributed by atoms with Gasteiger partial charge in [0, 0.05) is 6.20 Å². The van der Waals surface area contributed by atoms with Crippen molar-refractivity contribution in [3.8, 4) is 0 Å². The van der Waals surface area contributed by atoms with Crippen LogP contribution >= 0.6 is 7.82 Å². The van der Waals surface area contributed by atoms with Crippen LogP contribution < -0.4 is 21.1 Å². The number of aromatic amines is 1. The highest BCUT2D eigenvalue weighted by molar-refractivity contribution is 7.43. The summed E-state index contributed by atoms with van der Waals surface area (Å²) in [6.45, 7) is -0.778. The highest BCUT2D eigenvalue weighted by atomic mass is 31.2. The molecule has 2 unspecified atom stereocenters. The third-order valence-electron chi connectivity index (χ3n) is 2.91. The zero-order chi connectivity index (χ0) is 15.8. The van der Waals surface area contributed by atoms with Crippen LogP contribution in [0.2, 0.25) is 0 Å². The van der Waals surface area contributed by atoms with Crippen molar-refractivity contribution in [3.05, 3.63) is 22.1 Å². The average molecular weight is 321 g/mol. The average Bonchev–Trinajstić information content (AvgIpc) is 2.64. The molecule has 2 rings (SSSR count). The quantitative estimate of drug-likeness (QED) is 0.402. The molecule has 0 amide bonds. The molecule has 0 aromatic carbocycles. The van der Waals surface area contributed by atoms with E-state index in [4.69, 9.17) is 10.5 Å². The van der Waals surface area contributed by atoms with E-state index in [2.05, 4.69) is 14.5 Å². The Morgan fingerprint density at radius 2 is 2.14 bits per heavy atom. The Balaban J connectivity index is 2.16. The van der Waals surface area contributed by atoms with Crippen LogP contribution in [-0.4, -0.2) is 45.1 Å². The van der Waals surface area contributed by atoms with E-state index in [1.807, 2.05) is 0 Å². The lowest BCUT2D eigenvalue weighted by atomic mass is 10.0. The van der Waals surface area contributed by atoms with Gasteiger partial charge in [-0.3, -0.25) is 9.78 Å². The second-order valence-electron chi connectivity index (χ2n) is 4.37. The maximum Gasteiger partial charge on any atom is 0.258 e. The first-order chi connectivity index (χ1) is 9.69. The molecule has 1 aromatic heterocycles. The molecule has 21 heavy (non-hydrogen) atoms. The van der Waals surface area contributed by atoms with Crippen molar-refractivity contribution in [3.63, 3.8) is 0 Å². The largest absolute Gasteiger partial charge is 0.790 e. The summed E-state index contributed by atoms with van der Waals surface area (Å²) in [7, 11) is -5.24. The van der Waals surface area contributed by atoms with Gasteiger partial charge in [-0.25, -0.2) is 4.98 Å². The van der Waals surface area contributed by atoms with Gasteiger partial charge in [0.05, 0.1) is 20.0 Å². The van der Waals surface area contributed by atoms with Crippen LogP contribution in [0.1, 0.15) is 11.7 Å². The number of nitrogens with one attached hydrogen (secondary N) is 1. The molecule has 1 fully saturated rings. The third kappa shape index (κ3) is 3.66. The number of aliphatic hydroxyl groups is 2. The number of nitrogen functional groups attached to an aromatic ring is 1. The second kappa shape index (κ2) is 5.81. The highest BCUT2D eigenvalue weighted by Gasteiger charge is 2.44. The third-order valence-corrected chi connectivity index (χ3v) is 3.38. The van der Waals surface area contributed by atoms with Crippen LogP contribution in [-0.2, 0) is 13.8 Å². The number of nitrogens with zero attached hydrogens (tertiary/aromatic N) is 1. The van der Waals surface area contributed by atoms with Gasteiger partial charge in [0.25, 0.3) is 5.56 Å². The smallest absolute Gasteiger partial charge is 0.258 e. The minimum Gasteiger partial charge on any atom is -0.790 e. The molecule has 0 spiro atoms. The fourth-order valence-corrected chi connectivity index (χ4v) is 2.26. The van der Waals surface area contributed by atoms with Crippen LogP contribution in [0.25, 0.3) is 0 Å². The number of nitrogens with two attached hydrogens (primary N) is 1. The standard InChI is InChI=1S/C9H14N3O8P/c10-9-11-1-3(8(15)12-9)7-6(14)5(13)4(20-7)2-19-21(16,17)18/h1,4-7,13-14H,2H2,(H2,16,17,18)(H3,10,11,12,15)/p-2/t4-,5?,6?,7+/m1/s1. The molecule has 11 nitrogen and oxygen atoms in total. The number of phosphoric acid groups is 1. The Bertz CT molecular complexity index is 615. The molecule has 5 N–H and O–H groups in total. The molecule has 1 aliphatic heterocycles. The number of aliphatic hydroxyl groups excluding tert-OH is 2. The minimum absolute atomic E-state index is 0.106. The molecule has 12 heteroatoms. The van der Waals surface area contributed by atoms with Crippen LogP contribution in [0.15, 0.2) is 11.0 Å². The monoisotopic (exact) mass is 321 g/mol. The molecule has 0 radical (unpaired) electrons. The van der Waals surface area contributed by atoms with Gasteiger partial charge in [-0.15, -0.1) is 0 Å². The molecule has 1 aliphatic rings. The number of anilines is 1. The molecule has 1 aromatic rings. The maximum absolute atomic E-state index is 11.7. The predicted molar refractivity (Wildman–Crippen MR) is 62.5 cm³/mol. The number of rotatable bonds is 4. The van der Waals surface area contributed by atoms with E-state index in [1.165, 1.54) is 0 Å². The SMILES string of the molecule is Nc1ncc([C@@H]2O[C@H](COP(=O)([O-])[O-])C(O)C2O)c(=O)[nH]1. The van der Waals surface area contributed by atoms with Crippen molar-refractivity contribution in [2.45, 2.75) is 24.4 Å². The molecule has 4 atom stereocenters. The normalized spacial score (nSPS) is 29.7. The molecule has 0 saturated carbocycles. The van der Waals surface area contributed by atoms with E-state index in [0.29, 0.717) is 0 Å². The van der Waals surface area contributed by atoms with Gasteiger partial charge in [-0.1, -0.05) is 0 Å². The summed E-state index contributed by atoms with van der Waals surface area (Å²) >= 11 is 0. The van der Waals surface area contributed by atoms with E-state index in [-0.39, 0.29) is 11.5 Å². The van der Waals surface area contributed by atoms with E-state index < -0.39 is 44.4 Å². The van der Waals surface area contributed by atoms with Crippen molar-refractivity contribution in [1.29, 1.82) is 0 Å². The Labute approximate surface area is 117 Å². The zero-order valence-electron chi connectivity index (χ0n) is 10.4. The molecule has 118 valence electrons. The van der Waals surface area contributed by atoms with Crippen molar-refractivity contribution < 1.29 is 33.8 Å². The molecule has 1 saturated heterocycles. The molecular weight excluding hydrogens is 309 g/mol. The van der Waals surface area contributed by atoms with Gasteiger partial charge in [0.15, 0.2) is 5.95 Å². The second-order valence-corrected chi connectivity index (χ2v) is 5.52. The number of hydrogen-bond donors (Lipinski definition) is 4. The Kier molecular flexibility index (Phi) is 4.44. The summed E-state index contributed by atoms with van der Waals surface area (Å²) < 4.78 is 19.5. The Morgan fingerprint density at radius 3 is 2.71 bits per heavy atom. The van der Waals surface area contributed by atoms with Crippen molar-refractivity contribution in [1.82, 2.24) is 9.97 Å². The van der Waals surface area contributed by atoms with Crippen LogP contribution in [0.3, 0.4) is 0 Å². The molecular formula is C9H12N3O8P-2. The lowest BCUT2D eigenvalue weighted by molar-refractivity contribution is -0.343. The summed E-state index contributed by atoms with van der Waals surface area (Å²) in [6.07, 6.45) is -4.56. The fraction of sp³-hybridized carbons (Fsp3) is 0.556. The Morgan fingerprint density at radius 1 is 1.48 bits per heavy atom. The first kappa shape index (κ1) is 16.0. The lowest BCUT2D eigenvalue weighted by Gasteiger charge is -2.30. The van der Waals surface area contributed by atoms with Crippen molar-refractivity contribution >= 4 is 13.8 Å². The van der Waals surface area contributed by atoms with E-state index in [0.717, 1.165) is 6.20 Å². The summed E-state index contributed by atoms with van der Waals surface area (Å²) in [4.78, 5) is 38.3. The number of ether oxygens (including phenoxy) is 1. The van der Waals surface area contributed by atoms with Gasteiger partial charge in [-0.05, 0) is 0 Å². The predicted octanol–water partition coefficient (Wildman–Crippen LogP) is -3.64. The van der Waals surface area contributed by atoms with Gasteiger partial charge in [0.1, 0.15) is 24.4 Å². The van der Waals surface area contributed by atoms with E-state index in [9.17, 15) is 29.4 Å². The molecule has 2 heterocycles. The van der Waals surface area contributed by atoms with Crippen LogP contribution in [0.4, 0.5) is 5.95 Å². The summed E-state index contributed by atoms with van der Waals surface area (Å²) in [5.41, 5.74) is 4.48. The van der Waals surface area contributed by atoms with Crippen molar-refractivity contribution in [2.24, 2.45) is 0 Å². The molecule has 0 aliphatic carbocycles. The fourth-order valence-electron chi connectivity index (χ4n) is 1.93. The Hall–Kier alpha value is -1.33. The van der Waals surface area contributed by atoms with Gasteiger partial charge >= 0.3 is 0 Å². The number of aromatic nitrogens is 2. The van der Waals surface area contributed by atoms with E-state index >= 15 is 0 Å². The topological polar surface area (TPSA) is 194 Å². The first-order valence-corrected chi connectivity index (χ1v) is 7.18. The van der Waals surface area contributed by atoms with Crippen LogP contribution in [0, 0.1) is 0 Å². The van der Waals surface area contributed by atoms with Gasteiger partial charge in [0.2, 0.25) is 0 Å². The number of hydrogen-bond acceptors (Lipinski definition) is 10. The summed E-state index contributed by atoms with van der Waals surface area (Å²) in [6, 6.07) is 0. The number of phosphoric ester groups is 1. The summed E-state index contributed by atoms with van der Waals surface area (Å²) in [5.74, 6) is -0.143. The maximum atomic E-state index is 11.7. The van der Waals surface area contributed by atoms with Crippen molar-refractivity contribution in [2.75, 3.05) is 12.3 Å². The number of H-pyrrole nitrogens is 1. The first-order valence-electron chi connectivity index (χ1n) is 5.72. The zero-order valence-corrected chi connectivity index (χ0v) is 11.3. The van der Waals surface area contributed by atoms with Gasteiger partial charge in [-0.2, -0.15) is 0 Å². The van der Waals surface area contributed by atoms with Crippen LogP contribution in [0.5, 0.6) is 0 Å². The van der Waals surface area contributed by atoms with E-state index in [1.54, 1.807) is 0 Å². The molecule has 0 bridgehead atoms. The highest BCUT2D eigenvalue weighted by Crippen LogP contribution is 2.34. The minimum atomic E-state index is -5.24. The lowest BCUT2D eigenvalue weighted by Crippen LogP contribution is -2.34. The summed E-state index contributed by atoms with van der Waals surface area (Å²) in [5, 5.41) is 19.6.